The molecule has 8 heteroatoms. The van der Waals surface area contributed by atoms with Crippen LogP contribution in [0, 0.1) is 5.92 Å². The van der Waals surface area contributed by atoms with Crippen LogP contribution in [0.3, 0.4) is 0 Å². The zero-order valence-corrected chi connectivity index (χ0v) is 20.8. The average Bonchev–Trinajstić information content (AvgIpc) is 3.48. The lowest BCUT2D eigenvalue weighted by Gasteiger charge is -2.27. The lowest BCUT2D eigenvalue weighted by atomic mass is 9.91. The number of aromatic nitrogens is 3. The highest BCUT2D eigenvalue weighted by Crippen LogP contribution is 2.28. The first-order valence-corrected chi connectivity index (χ1v) is 13.1. The molecule has 5 rings (SSSR count). The van der Waals surface area contributed by atoms with E-state index in [1.54, 1.807) is 11.3 Å². The topological polar surface area (TPSA) is 72.3 Å². The molecule has 0 radical (unpaired) electrons. The maximum atomic E-state index is 13.4. The third-order valence-corrected chi connectivity index (χ3v) is 7.40. The average molecular weight is 480 g/mol. The Morgan fingerprint density at radius 3 is 2.79 bits per heavy atom. The zero-order valence-electron chi connectivity index (χ0n) is 20.0. The van der Waals surface area contributed by atoms with Crippen molar-refractivity contribution in [1.29, 1.82) is 0 Å². The van der Waals surface area contributed by atoms with Crippen LogP contribution in [0.1, 0.15) is 47.0 Å². The van der Waals surface area contributed by atoms with E-state index in [9.17, 15) is 4.79 Å². The Bertz CT molecular complexity index is 1120. The molecular weight excluding hydrogens is 446 g/mol. The molecular formula is C26H33N5O2S. The van der Waals surface area contributed by atoms with Crippen molar-refractivity contribution in [2.24, 2.45) is 5.92 Å². The largest absolute Gasteiger partial charge is 0.378 e. The van der Waals surface area contributed by atoms with Crippen LogP contribution in [0.5, 0.6) is 0 Å². The molecule has 0 bridgehead atoms. The van der Waals surface area contributed by atoms with Crippen molar-refractivity contribution < 1.29 is 9.53 Å². The molecule has 1 amide bonds. The van der Waals surface area contributed by atoms with Crippen molar-refractivity contribution in [3.05, 3.63) is 57.7 Å². The van der Waals surface area contributed by atoms with Crippen LogP contribution < -0.4 is 5.32 Å². The van der Waals surface area contributed by atoms with E-state index >= 15 is 0 Å². The summed E-state index contributed by atoms with van der Waals surface area (Å²) >= 11 is 1.69. The van der Waals surface area contributed by atoms with Crippen molar-refractivity contribution in [1.82, 2.24) is 25.0 Å². The molecule has 0 spiro atoms. The van der Waals surface area contributed by atoms with E-state index in [0.717, 1.165) is 54.2 Å². The molecule has 2 aliphatic rings. The van der Waals surface area contributed by atoms with Gasteiger partial charge in [-0.3, -0.25) is 9.48 Å². The van der Waals surface area contributed by atoms with Crippen molar-refractivity contribution in [3.63, 3.8) is 0 Å². The van der Waals surface area contributed by atoms with Gasteiger partial charge in [0.15, 0.2) is 5.69 Å². The minimum atomic E-state index is 0.0510. The quantitative estimate of drug-likeness (QED) is 0.558. The fraction of sp³-hybridized carbons (Fsp3) is 0.500. The Balaban J connectivity index is 1.30. The standard InChI is InChI=1S/C26H33N5O2S/c1-18(2)16-31-23-9-8-20(14-21(23)25(29-31)26(32)30-10-12-33-13-11-30)27-15-24-28-22(17-34-24)19-6-4-3-5-7-19/h3-7,17-18,20,27H,8-16H2,1-2H3. The number of benzene rings is 1. The number of nitrogens with one attached hydrogen (secondary N) is 1. The predicted octanol–water partition coefficient (Wildman–Crippen LogP) is 3.78. The van der Waals surface area contributed by atoms with E-state index in [-0.39, 0.29) is 5.91 Å². The van der Waals surface area contributed by atoms with Gasteiger partial charge in [0.2, 0.25) is 0 Å². The molecule has 1 aliphatic heterocycles. The molecule has 1 aliphatic carbocycles. The zero-order chi connectivity index (χ0) is 23.5. The first kappa shape index (κ1) is 23.2. The number of carbonyl (C=O) groups is 1. The Kier molecular flexibility index (Phi) is 7.08. The summed E-state index contributed by atoms with van der Waals surface area (Å²) in [5.41, 5.74) is 5.19. The lowest BCUT2D eigenvalue weighted by molar-refractivity contribution is 0.0297. The van der Waals surface area contributed by atoms with Gasteiger partial charge in [0.1, 0.15) is 5.01 Å². The molecule has 7 nitrogen and oxygen atoms in total. The van der Waals surface area contributed by atoms with Gasteiger partial charge >= 0.3 is 0 Å². The Morgan fingerprint density at radius 1 is 1.24 bits per heavy atom. The second kappa shape index (κ2) is 10.4. The number of thiazole rings is 1. The number of ether oxygens (including phenoxy) is 1. The van der Waals surface area contributed by atoms with Gasteiger partial charge in [0.05, 0.1) is 18.9 Å². The molecule has 1 fully saturated rings. The van der Waals surface area contributed by atoms with Crippen LogP contribution in [-0.4, -0.2) is 57.9 Å². The summed E-state index contributed by atoms with van der Waals surface area (Å²) in [5, 5.41) is 11.8. The summed E-state index contributed by atoms with van der Waals surface area (Å²) in [4.78, 5) is 20.1. The highest BCUT2D eigenvalue weighted by molar-refractivity contribution is 7.09. The lowest BCUT2D eigenvalue weighted by Crippen LogP contribution is -2.41. The molecule has 0 saturated carbocycles. The van der Waals surface area contributed by atoms with Gasteiger partial charge in [-0.2, -0.15) is 5.10 Å². The van der Waals surface area contributed by atoms with Crippen molar-refractivity contribution in [2.45, 2.75) is 52.2 Å². The highest BCUT2D eigenvalue weighted by atomic mass is 32.1. The van der Waals surface area contributed by atoms with E-state index in [1.165, 1.54) is 5.69 Å². The van der Waals surface area contributed by atoms with E-state index in [4.69, 9.17) is 14.8 Å². The van der Waals surface area contributed by atoms with Crippen molar-refractivity contribution >= 4 is 17.2 Å². The number of nitrogens with zero attached hydrogens (tertiary/aromatic N) is 4. The van der Waals surface area contributed by atoms with Gasteiger partial charge < -0.3 is 15.0 Å². The summed E-state index contributed by atoms with van der Waals surface area (Å²) in [6.07, 6.45) is 2.81. The number of amides is 1. The van der Waals surface area contributed by atoms with Crippen molar-refractivity contribution in [3.8, 4) is 11.3 Å². The van der Waals surface area contributed by atoms with Gasteiger partial charge in [-0.15, -0.1) is 11.3 Å². The SMILES string of the molecule is CC(C)Cn1nc(C(=O)N2CCOCC2)c2c1CCC(NCc1nc(-c3ccccc3)cs1)C2. The predicted molar refractivity (Wildman–Crippen MR) is 134 cm³/mol. The maximum absolute atomic E-state index is 13.4. The molecule has 1 atom stereocenters. The molecule has 34 heavy (non-hydrogen) atoms. The summed E-state index contributed by atoms with van der Waals surface area (Å²) in [5.74, 6) is 0.532. The van der Waals surface area contributed by atoms with Crippen LogP contribution in [0.25, 0.3) is 11.3 Å². The smallest absolute Gasteiger partial charge is 0.274 e. The van der Waals surface area contributed by atoms with Gasteiger partial charge in [-0.25, -0.2) is 4.98 Å². The van der Waals surface area contributed by atoms with Gasteiger partial charge in [0, 0.05) is 54.4 Å². The summed E-state index contributed by atoms with van der Waals surface area (Å²) in [6, 6.07) is 10.6. The summed E-state index contributed by atoms with van der Waals surface area (Å²) in [7, 11) is 0. The Hall–Kier alpha value is -2.55. The number of rotatable bonds is 7. The first-order valence-electron chi connectivity index (χ1n) is 12.3. The highest BCUT2D eigenvalue weighted by Gasteiger charge is 2.31. The molecule has 1 saturated heterocycles. The number of hydrogen-bond donors (Lipinski definition) is 1. The van der Waals surface area contributed by atoms with E-state index in [0.29, 0.717) is 44.0 Å². The normalized spacial score (nSPS) is 18.3. The molecule has 1 aromatic carbocycles. The number of morpholine rings is 1. The third-order valence-electron chi connectivity index (χ3n) is 6.55. The number of fused-ring (bicyclic) bond motifs is 1. The van der Waals surface area contributed by atoms with Crippen LogP contribution in [-0.2, 0) is 30.7 Å². The van der Waals surface area contributed by atoms with Gasteiger partial charge in [-0.1, -0.05) is 44.2 Å². The van der Waals surface area contributed by atoms with Crippen LogP contribution in [0.15, 0.2) is 35.7 Å². The summed E-state index contributed by atoms with van der Waals surface area (Å²) in [6.45, 7) is 8.46. The second-order valence-corrected chi connectivity index (χ2v) is 10.5. The molecule has 2 aromatic heterocycles. The molecule has 3 heterocycles. The number of carbonyl (C=O) groups excluding carboxylic acids is 1. The maximum Gasteiger partial charge on any atom is 0.274 e. The van der Waals surface area contributed by atoms with Crippen LogP contribution >= 0.6 is 11.3 Å². The second-order valence-electron chi connectivity index (χ2n) is 9.57. The van der Waals surface area contributed by atoms with Gasteiger partial charge in [-0.05, 0) is 25.2 Å². The van der Waals surface area contributed by atoms with Crippen LogP contribution in [0.4, 0.5) is 0 Å². The molecule has 1 unspecified atom stereocenters. The van der Waals surface area contributed by atoms with Gasteiger partial charge in [0.25, 0.3) is 5.91 Å². The molecule has 3 aromatic rings. The fourth-order valence-electron chi connectivity index (χ4n) is 4.81. The Morgan fingerprint density at radius 2 is 2.03 bits per heavy atom. The minimum Gasteiger partial charge on any atom is -0.378 e. The first-order chi connectivity index (χ1) is 16.6. The minimum absolute atomic E-state index is 0.0510. The summed E-state index contributed by atoms with van der Waals surface area (Å²) < 4.78 is 7.54. The molecule has 180 valence electrons. The number of hydrogen-bond acceptors (Lipinski definition) is 6. The monoisotopic (exact) mass is 479 g/mol. The Labute approximate surface area is 205 Å². The fourth-order valence-corrected chi connectivity index (χ4v) is 5.57. The van der Waals surface area contributed by atoms with Crippen molar-refractivity contribution in [2.75, 3.05) is 26.3 Å². The molecule has 1 N–H and O–H groups in total. The van der Waals surface area contributed by atoms with E-state index in [2.05, 4.69) is 41.4 Å². The van der Waals surface area contributed by atoms with E-state index in [1.807, 2.05) is 23.1 Å². The third kappa shape index (κ3) is 5.09. The van der Waals surface area contributed by atoms with Crippen LogP contribution in [0.2, 0.25) is 0 Å². The van der Waals surface area contributed by atoms with E-state index < -0.39 is 0 Å².